The fraction of sp³-hybridized carbons (Fsp3) is 0.900. The number of hydrogen-bond donors (Lipinski definition) is 1. The summed E-state index contributed by atoms with van der Waals surface area (Å²) in [7, 11) is 5.99. The van der Waals surface area contributed by atoms with Crippen molar-refractivity contribution in [2.24, 2.45) is 0 Å². The lowest BCUT2D eigenvalue weighted by molar-refractivity contribution is 0.124. The Morgan fingerprint density at radius 2 is 2.07 bits per heavy atom. The van der Waals surface area contributed by atoms with Crippen molar-refractivity contribution in [1.82, 2.24) is 4.31 Å². The Morgan fingerprint density at radius 3 is 2.87 bits per heavy atom. The van der Waals surface area contributed by atoms with Crippen LogP contribution in [0.5, 0.6) is 0 Å². The van der Waals surface area contributed by atoms with Crippen molar-refractivity contribution in [1.29, 1.82) is 0 Å². The zero-order chi connectivity index (χ0) is 10.8. The molecule has 2 aliphatic rings. The van der Waals surface area contributed by atoms with Crippen LogP contribution in [0.3, 0.4) is 0 Å². The molecule has 1 heterocycles. The summed E-state index contributed by atoms with van der Waals surface area (Å²) in [6, 6.07) is 0.116. The van der Waals surface area contributed by atoms with Crippen LogP contribution in [-0.2, 0) is 4.74 Å². The van der Waals surface area contributed by atoms with Gasteiger partial charge in [-0.3, -0.25) is 0 Å². The topological polar surface area (TPSA) is 29.5 Å². The molecule has 0 bridgehead atoms. The number of amides is 1. The first kappa shape index (κ1) is 11.2. The molecule has 0 aromatic rings. The lowest BCUT2D eigenvalue weighted by Gasteiger charge is -2.21. The Labute approximate surface area is 97.5 Å². The number of rotatable bonds is 0. The predicted octanol–water partition coefficient (Wildman–Crippen LogP) is 2.33. The molecule has 3 nitrogen and oxygen atoms in total. The molecule has 0 aromatic carbocycles. The Kier molecular flexibility index (Phi) is 3.49. The molecule has 1 aliphatic heterocycles. The molecule has 0 N–H and O–H groups in total. The molecule has 0 spiro atoms. The molecular weight excluding hydrogens is 209 g/mol. The van der Waals surface area contributed by atoms with Gasteiger partial charge in [-0.2, -0.15) is 0 Å². The molecule has 2 fully saturated rings. The van der Waals surface area contributed by atoms with E-state index in [-0.39, 0.29) is 24.1 Å². The Hall–Kier alpha value is -0.315. The van der Waals surface area contributed by atoms with E-state index < -0.39 is 0 Å². The molecule has 1 saturated carbocycles. The second-order valence-electron chi connectivity index (χ2n) is 4.47. The van der Waals surface area contributed by atoms with Crippen LogP contribution in [0.15, 0.2) is 0 Å². The van der Waals surface area contributed by atoms with E-state index in [0.29, 0.717) is 0 Å². The van der Waals surface area contributed by atoms with Crippen LogP contribution in [0.4, 0.5) is 4.79 Å². The highest BCUT2D eigenvalue weighted by Gasteiger charge is 2.40. The molecular formula is C10H16BNO2S. The molecule has 1 amide bonds. The van der Waals surface area contributed by atoms with Crippen LogP contribution < -0.4 is 0 Å². The number of nitrogens with zero attached hydrogens (tertiary/aromatic N) is 1. The van der Waals surface area contributed by atoms with Gasteiger partial charge in [0.2, 0.25) is 0 Å². The van der Waals surface area contributed by atoms with E-state index in [0.717, 1.165) is 25.7 Å². The van der Waals surface area contributed by atoms with Crippen molar-refractivity contribution in [3.05, 3.63) is 0 Å². The van der Waals surface area contributed by atoms with E-state index in [4.69, 9.17) is 12.6 Å². The van der Waals surface area contributed by atoms with Gasteiger partial charge in [-0.05, 0) is 12.8 Å². The molecule has 1 aliphatic carbocycles. The summed E-state index contributed by atoms with van der Waals surface area (Å²) in [6.07, 6.45) is 5.91. The summed E-state index contributed by atoms with van der Waals surface area (Å²) >= 11 is 4.18. The van der Waals surface area contributed by atoms with E-state index in [2.05, 4.69) is 12.8 Å². The maximum absolute atomic E-state index is 11.3. The first-order valence-corrected chi connectivity index (χ1v) is 6.03. The van der Waals surface area contributed by atoms with E-state index in [9.17, 15) is 4.79 Å². The van der Waals surface area contributed by atoms with E-state index in [1.807, 2.05) is 0 Å². The van der Waals surface area contributed by atoms with Crippen molar-refractivity contribution in [3.8, 4) is 0 Å². The molecule has 3 unspecified atom stereocenters. The van der Waals surface area contributed by atoms with Crippen molar-refractivity contribution < 1.29 is 9.53 Å². The molecule has 1 saturated heterocycles. The summed E-state index contributed by atoms with van der Waals surface area (Å²) in [5, 5.41) is 0. The molecule has 15 heavy (non-hydrogen) atoms. The molecule has 2 radical (unpaired) electrons. The smallest absolute Gasteiger partial charge is 0.420 e. The summed E-state index contributed by atoms with van der Waals surface area (Å²) < 4.78 is 6.70. The highest BCUT2D eigenvalue weighted by molar-refractivity contribution is 7.78. The van der Waals surface area contributed by atoms with E-state index >= 15 is 0 Å². The Morgan fingerprint density at radius 1 is 1.33 bits per heavy atom. The minimum Gasteiger partial charge on any atom is -0.443 e. The lowest BCUT2D eigenvalue weighted by Crippen LogP contribution is -2.30. The second-order valence-corrected chi connectivity index (χ2v) is 4.90. The van der Waals surface area contributed by atoms with Crippen LogP contribution in [0, 0.1) is 0 Å². The van der Waals surface area contributed by atoms with Crippen LogP contribution in [0.2, 0.25) is 5.82 Å². The van der Waals surface area contributed by atoms with Crippen LogP contribution in [0.1, 0.15) is 38.5 Å². The van der Waals surface area contributed by atoms with Gasteiger partial charge in [0.05, 0.1) is 13.9 Å². The predicted molar refractivity (Wildman–Crippen MR) is 62.1 cm³/mol. The van der Waals surface area contributed by atoms with Crippen LogP contribution in [0.25, 0.3) is 0 Å². The first-order chi connectivity index (χ1) is 7.18. The number of carbonyl (C=O) groups excluding carboxylic acids is 1. The summed E-state index contributed by atoms with van der Waals surface area (Å²) in [5.41, 5.74) is 0. The van der Waals surface area contributed by atoms with Gasteiger partial charge in [0, 0.05) is 0 Å². The fourth-order valence-corrected chi connectivity index (χ4v) is 2.73. The minimum atomic E-state index is -0.318. The SMILES string of the molecule is [B]C1CCCCCC2C(C1)OC(=O)N2S. The standard InChI is InChI=1S/C10H16BNO2S/c11-7-4-2-1-3-5-8-9(6-7)14-10(13)12(8)15/h7-9,15H,1-6H2. The van der Waals surface area contributed by atoms with Crippen molar-refractivity contribution >= 4 is 26.8 Å². The average Bonchev–Trinajstić information content (AvgIpc) is 2.48. The maximum atomic E-state index is 11.3. The largest absolute Gasteiger partial charge is 0.443 e. The fourth-order valence-electron chi connectivity index (χ4n) is 2.42. The lowest BCUT2D eigenvalue weighted by atomic mass is 9.78. The van der Waals surface area contributed by atoms with Crippen LogP contribution in [-0.4, -0.2) is 30.4 Å². The van der Waals surface area contributed by atoms with Gasteiger partial charge in [0.1, 0.15) is 6.10 Å². The van der Waals surface area contributed by atoms with E-state index in [1.54, 1.807) is 0 Å². The van der Waals surface area contributed by atoms with Gasteiger partial charge >= 0.3 is 6.09 Å². The quantitative estimate of drug-likeness (QED) is 0.506. The maximum Gasteiger partial charge on any atom is 0.420 e. The normalized spacial score (nSPS) is 37.5. The third kappa shape index (κ3) is 2.44. The zero-order valence-electron chi connectivity index (χ0n) is 8.76. The Bertz CT molecular complexity index is 252. The summed E-state index contributed by atoms with van der Waals surface area (Å²) in [6.45, 7) is 0. The molecule has 0 aromatic heterocycles. The summed E-state index contributed by atoms with van der Waals surface area (Å²) in [4.78, 5) is 11.3. The van der Waals surface area contributed by atoms with Gasteiger partial charge in [0.25, 0.3) is 0 Å². The number of thiol groups is 1. The monoisotopic (exact) mass is 225 g/mol. The van der Waals surface area contributed by atoms with Crippen molar-refractivity contribution in [2.45, 2.75) is 56.5 Å². The minimum absolute atomic E-state index is 0.0527. The van der Waals surface area contributed by atoms with Crippen molar-refractivity contribution in [3.63, 3.8) is 0 Å². The first-order valence-electron chi connectivity index (χ1n) is 5.63. The van der Waals surface area contributed by atoms with Crippen molar-refractivity contribution in [2.75, 3.05) is 0 Å². The highest BCUT2D eigenvalue weighted by Crippen LogP contribution is 2.33. The summed E-state index contributed by atoms with van der Waals surface area (Å²) in [5.74, 6) is 0.156. The number of hydrogen-bond acceptors (Lipinski definition) is 3. The van der Waals surface area contributed by atoms with Gasteiger partial charge < -0.3 is 4.74 Å². The number of carbonyl (C=O) groups is 1. The molecule has 3 atom stereocenters. The van der Waals surface area contributed by atoms with Crippen LogP contribution >= 0.6 is 12.8 Å². The van der Waals surface area contributed by atoms with Gasteiger partial charge in [-0.1, -0.05) is 44.3 Å². The van der Waals surface area contributed by atoms with Gasteiger partial charge in [0.15, 0.2) is 0 Å². The third-order valence-electron chi connectivity index (χ3n) is 3.29. The average molecular weight is 225 g/mol. The third-order valence-corrected chi connectivity index (χ3v) is 3.75. The Balaban J connectivity index is 2.06. The second kappa shape index (κ2) is 4.68. The molecule has 2 rings (SSSR count). The van der Waals surface area contributed by atoms with Gasteiger partial charge in [-0.15, -0.1) is 0 Å². The number of ether oxygens (including phenoxy) is 1. The van der Waals surface area contributed by atoms with E-state index in [1.165, 1.54) is 17.1 Å². The highest BCUT2D eigenvalue weighted by atomic mass is 32.1. The van der Waals surface area contributed by atoms with Gasteiger partial charge in [-0.25, -0.2) is 9.10 Å². The molecule has 5 heteroatoms. The number of fused-ring (bicyclic) bond motifs is 1. The molecule has 82 valence electrons. The zero-order valence-corrected chi connectivity index (χ0v) is 9.66.